The third-order valence-electron chi connectivity index (χ3n) is 5.24. The van der Waals surface area contributed by atoms with Gasteiger partial charge in [0.15, 0.2) is 11.6 Å². The molecule has 3 aromatic rings. The van der Waals surface area contributed by atoms with Crippen LogP contribution in [0.2, 0.25) is 0 Å². The molecule has 0 saturated carbocycles. The fourth-order valence-corrected chi connectivity index (χ4v) is 3.61. The van der Waals surface area contributed by atoms with E-state index in [0.717, 1.165) is 42.7 Å². The van der Waals surface area contributed by atoms with Gasteiger partial charge in [0.2, 0.25) is 0 Å². The molecule has 0 bridgehead atoms. The molecule has 4 N–H and O–H groups in total. The second kappa shape index (κ2) is 8.36. The van der Waals surface area contributed by atoms with Gasteiger partial charge < -0.3 is 16.4 Å². The van der Waals surface area contributed by atoms with Crippen molar-refractivity contribution < 1.29 is 4.79 Å². The van der Waals surface area contributed by atoms with Crippen LogP contribution < -0.4 is 16.4 Å². The summed E-state index contributed by atoms with van der Waals surface area (Å²) in [4.78, 5) is 28.2. The normalized spacial score (nSPS) is 14.7. The minimum Gasteiger partial charge on any atom is -0.382 e. The zero-order chi connectivity index (χ0) is 20.2. The van der Waals surface area contributed by atoms with E-state index >= 15 is 0 Å². The molecule has 1 fully saturated rings. The zero-order valence-electron chi connectivity index (χ0n) is 16.2. The molecule has 0 atom stereocenters. The van der Waals surface area contributed by atoms with Gasteiger partial charge in [-0.05, 0) is 18.9 Å². The second-order valence-electron chi connectivity index (χ2n) is 7.28. The topological polar surface area (TPSA) is 111 Å². The Balaban J connectivity index is 1.59. The molecule has 4 rings (SSSR count). The molecule has 1 aliphatic heterocycles. The molecule has 0 amide bonds. The number of rotatable bonds is 5. The Morgan fingerprint density at radius 3 is 2.62 bits per heavy atom. The number of carbonyl (C=O) groups excluding carboxylic acids is 1. The van der Waals surface area contributed by atoms with Gasteiger partial charge in [0, 0.05) is 54.8 Å². The van der Waals surface area contributed by atoms with Crippen LogP contribution in [-0.4, -0.2) is 39.9 Å². The predicted molar refractivity (Wildman–Crippen MR) is 114 cm³/mol. The van der Waals surface area contributed by atoms with Crippen LogP contribution in [0.5, 0.6) is 0 Å². The Hall–Kier alpha value is -3.32. The molecule has 1 aliphatic rings. The average Bonchev–Trinajstić information content (AvgIpc) is 2.76. The van der Waals surface area contributed by atoms with E-state index in [-0.39, 0.29) is 29.8 Å². The number of anilines is 2. The molecular formula is C22H24N6O. The fourth-order valence-electron chi connectivity index (χ4n) is 3.61. The van der Waals surface area contributed by atoms with Crippen molar-refractivity contribution in [1.82, 2.24) is 15.0 Å². The molecule has 0 radical (unpaired) electrons. The van der Waals surface area contributed by atoms with E-state index < -0.39 is 0 Å². The lowest BCUT2D eigenvalue weighted by atomic mass is 10.0. The highest BCUT2D eigenvalue weighted by atomic mass is 16.1. The summed E-state index contributed by atoms with van der Waals surface area (Å²) in [6.45, 7) is 1.75. The van der Waals surface area contributed by atoms with Crippen LogP contribution in [-0.2, 0) is 6.42 Å². The van der Waals surface area contributed by atoms with Gasteiger partial charge in [0.25, 0.3) is 0 Å². The van der Waals surface area contributed by atoms with E-state index in [4.69, 9.17) is 11.5 Å². The van der Waals surface area contributed by atoms with Crippen LogP contribution in [0.3, 0.4) is 0 Å². The number of nitrogen functional groups attached to an aromatic ring is 1. The number of hydrogen-bond donors (Lipinski definition) is 2. The Labute approximate surface area is 169 Å². The Kier molecular flexibility index (Phi) is 5.48. The van der Waals surface area contributed by atoms with Crippen molar-refractivity contribution in [3.8, 4) is 11.3 Å². The van der Waals surface area contributed by atoms with Crippen LogP contribution >= 0.6 is 0 Å². The number of nitrogens with two attached hydrogens (primary N) is 2. The molecule has 0 aliphatic carbocycles. The highest BCUT2D eigenvalue weighted by molar-refractivity contribution is 6.00. The van der Waals surface area contributed by atoms with Crippen molar-refractivity contribution in [2.75, 3.05) is 23.7 Å². The maximum absolute atomic E-state index is 13.1. The van der Waals surface area contributed by atoms with Crippen molar-refractivity contribution in [3.63, 3.8) is 0 Å². The van der Waals surface area contributed by atoms with Crippen molar-refractivity contribution in [1.29, 1.82) is 0 Å². The van der Waals surface area contributed by atoms with E-state index in [0.29, 0.717) is 5.69 Å². The van der Waals surface area contributed by atoms with Crippen molar-refractivity contribution in [2.45, 2.75) is 25.3 Å². The van der Waals surface area contributed by atoms with Gasteiger partial charge in [0.1, 0.15) is 5.69 Å². The summed E-state index contributed by atoms with van der Waals surface area (Å²) in [5, 5.41) is 0. The molecule has 3 heterocycles. The van der Waals surface area contributed by atoms with Crippen LogP contribution in [0.25, 0.3) is 11.3 Å². The lowest BCUT2D eigenvalue weighted by Gasteiger charge is -2.33. The number of Topliss-reactive ketones (excluding diaryl/α,β-unsaturated/α-hetero) is 1. The number of nitrogens with zero attached hydrogens (tertiary/aromatic N) is 4. The third kappa shape index (κ3) is 4.25. The van der Waals surface area contributed by atoms with Crippen LogP contribution in [0.1, 0.15) is 28.9 Å². The first-order valence-electron chi connectivity index (χ1n) is 9.76. The average molecular weight is 388 g/mol. The summed E-state index contributed by atoms with van der Waals surface area (Å²) >= 11 is 0. The van der Waals surface area contributed by atoms with E-state index in [1.807, 2.05) is 36.4 Å². The Morgan fingerprint density at radius 2 is 1.86 bits per heavy atom. The molecule has 0 spiro atoms. The third-order valence-corrected chi connectivity index (χ3v) is 5.24. The lowest BCUT2D eigenvalue weighted by Crippen LogP contribution is -2.40. The highest BCUT2D eigenvalue weighted by Crippen LogP contribution is 2.25. The summed E-state index contributed by atoms with van der Waals surface area (Å²) < 4.78 is 0. The summed E-state index contributed by atoms with van der Waals surface area (Å²) in [5.41, 5.74) is 15.6. The number of aromatic nitrogens is 3. The van der Waals surface area contributed by atoms with E-state index in [1.165, 1.54) is 0 Å². The summed E-state index contributed by atoms with van der Waals surface area (Å²) in [6.07, 6.45) is 7.13. The number of ketones is 1. The van der Waals surface area contributed by atoms with Crippen LogP contribution in [0, 0.1) is 0 Å². The van der Waals surface area contributed by atoms with Crippen molar-refractivity contribution in [3.05, 3.63) is 66.2 Å². The predicted octanol–water partition coefficient (Wildman–Crippen LogP) is 2.47. The summed E-state index contributed by atoms with van der Waals surface area (Å²) in [5.74, 6) is -0.0280. The maximum Gasteiger partial charge on any atom is 0.189 e. The molecule has 7 nitrogen and oxygen atoms in total. The minimum atomic E-state index is -0.171. The molecule has 148 valence electrons. The molecule has 7 heteroatoms. The first kappa shape index (κ1) is 19.0. The van der Waals surface area contributed by atoms with Crippen molar-refractivity contribution >= 4 is 17.3 Å². The zero-order valence-corrected chi connectivity index (χ0v) is 16.2. The number of carbonyl (C=O) groups is 1. The number of pyridine rings is 1. The molecule has 1 saturated heterocycles. The van der Waals surface area contributed by atoms with Crippen LogP contribution in [0.4, 0.5) is 11.5 Å². The summed E-state index contributed by atoms with van der Waals surface area (Å²) in [7, 11) is 0. The Bertz CT molecular complexity index is 999. The van der Waals surface area contributed by atoms with Gasteiger partial charge in [-0.1, -0.05) is 30.3 Å². The summed E-state index contributed by atoms with van der Waals surface area (Å²) in [6, 6.07) is 11.8. The van der Waals surface area contributed by atoms with Gasteiger partial charge in [-0.3, -0.25) is 9.78 Å². The minimum absolute atomic E-state index is 0.143. The number of benzene rings is 1. The van der Waals surface area contributed by atoms with Crippen molar-refractivity contribution in [2.24, 2.45) is 5.73 Å². The standard InChI is InChI=1S/C22H24N6O/c23-17-7-10-28(11-8-17)19-6-9-25-13-16(19)12-20(29)21-22(24)26-14-18(27-21)15-4-2-1-3-5-15/h1-6,9,13-14,17H,7-8,10-12,23H2,(H2,24,26). The largest absolute Gasteiger partial charge is 0.382 e. The van der Waals surface area contributed by atoms with Gasteiger partial charge >= 0.3 is 0 Å². The van der Waals surface area contributed by atoms with Gasteiger partial charge in [-0.25, -0.2) is 9.97 Å². The maximum atomic E-state index is 13.1. The number of hydrogen-bond acceptors (Lipinski definition) is 7. The van der Waals surface area contributed by atoms with Gasteiger partial charge in [0.05, 0.1) is 11.9 Å². The van der Waals surface area contributed by atoms with Crippen LogP contribution in [0.15, 0.2) is 55.0 Å². The Morgan fingerprint density at radius 1 is 1.10 bits per heavy atom. The van der Waals surface area contributed by atoms with E-state index in [9.17, 15) is 4.79 Å². The second-order valence-corrected chi connectivity index (χ2v) is 7.28. The molecule has 0 unspecified atom stereocenters. The van der Waals surface area contributed by atoms with Gasteiger partial charge in [-0.2, -0.15) is 0 Å². The SMILES string of the molecule is Nc1ncc(-c2ccccc2)nc1C(=O)Cc1cnccc1N1CCC(N)CC1. The first-order valence-corrected chi connectivity index (χ1v) is 9.76. The molecular weight excluding hydrogens is 364 g/mol. The smallest absolute Gasteiger partial charge is 0.189 e. The first-order chi connectivity index (χ1) is 14.1. The quantitative estimate of drug-likeness (QED) is 0.646. The molecule has 29 heavy (non-hydrogen) atoms. The lowest BCUT2D eigenvalue weighted by molar-refractivity contribution is 0.0989. The van der Waals surface area contributed by atoms with E-state index in [2.05, 4.69) is 19.9 Å². The van der Waals surface area contributed by atoms with Gasteiger partial charge in [-0.15, -0.1) is 0 Å². The fraction of sp³-hybridized carbons (Fsp3) is 0.273. The highest BCUT2D eigenvalue weighted by Gasteiger charge is 2.21. The monoisotopic (exact) mass is 388 g/mol. The van der Waals surface area contributed by atoms with E-state index in [1.54, 1.807) is 18.6 Å². The molecule has 1 aromatic carbocycles. The number of piperidine rings is 1. The molecule has 2 aromatic heterocycles.